The van der Waals surface area contributed by atoms with Gasteiger partial charge in [0.25, 0.3) is 0 Å². The van der Waals surface area contributed by atoms with E-state index in [4.69, 9.17) is 4.74 Å². The number of benzene rings is 1. The van der Waals surface area contributed by atoms with Crippen molar-refractivity contribution in [2.24, 2.45) is 4.99 Å². The second-order valence-electron chi connectivity index (χ2n) is 7.28. The molecule has 2 rings (SSSR count). The van der Waals surface area contributed by atoms with E-state index >= 15 is 0 Å². The van der Waals surface area contributed by atoms with Crippen LogP contribution in [0.2, 0.25) is 0 Å². The fraction of sp³-hybridized carbons (Fsp3) is 0.545. The standard InChI is InChI=1S/C22H35N5O2.HI/c1-5-23-22(25-11-6-7-13-27-14-12-24-18(27)4)26-16-21(28)19-9-8-10-20(15-19)29-17(2)3;/h8-10,12,14-15,17,21,28H,5-7,11,13,16H2,1-4H3,(H2,23,25,26);1H. The van der Waals surface area contributed by atoms with Gasteiger partial charge in [0.15, 0.2) is 5.96 Å². The highest BCUT2D eigenvalue weighted by Gasteiger charge is 2.09. The van der Waals surface area contributed by atoms with E-state index in [2.05, 4.69) is 25.2 Å². The Balaban J connectivity index is 0.00000450. The van der Waals surface area contributed by atoms with Crippen LogP contribution in [0.3, 0.4) is 0 Å². The van der Waals surface area contributed by atoms with Gasteiger partial charge in [-0.15, -0.1) is 24.0 Å². The summed E-state index contributed by atoms with van der Waals surface area (Å²) >= 11 is 0. The monoisotopic (exact) mass is 529 g/mol. The van der Waals surface area contributed by atoms with Crippen LogP contribution in [0.25, 0.3) is 0 Å². The minimum Gasteiger partial charge on any atom is -0.491 e. The van der Waals surface area contributed by atoms with Crippen molar-refractivity contribution in [2.75, 3.05) is 19.6 Å². The van der Waals surface area contributed by atoms with Crippen LogP contribution in [0.4, 0.5) is 0 Å². The predicted octanol–water partition coefficient (Wildman–Crippen LogP) is 3.67. The van der Waals surface area contributed by atoms with Crippen LogP contribution in [0, 0.1) is 6.92 Å². The van der Waals surface area contributed by atoms with Crippen molar-refractivity contribution in [3.05, 3.63) is 48.0 Å². The molecule has 8 heteroatoms. The molecule has 168 valence electrons. The summed E-state index contributed by atoms with van der Waals surface area (Å²) in [6.07, 6.45) is 5.36. The normalized spacial score (nSPS) is 12.4. The van der Waals surface area contributed by atoms with E-state index in [9.17, 15) is 5.11 Å². The fourth-order valence-electron chi connectivity index (χ4n) is 2.95. The second-order valence-corrected chi connectivity index (χ2v) is 7.28. The zero-order chi connectivity index (χ0) is 21.1. The molecule has 1 unspecified atom stereocenters. The first kappa shape index (κ1) is 26.2. The number of hydrogen-bond acceptors (Lipinski definition) is 4. The molecule has 0 amide bonds. The molecule has 1 aromatic heterocycles. The van der Waals surface area contributed by atoms with Gasteiger partial charge in [-0.3, -0.25) is 4.99 Å². The minimum absolute atomic E-state index is 0. The first-order valence-corrected chi connectivity index (χ1v) is 10.4. The summed E-state index contributed by atoms with van der Waals surface area (Å²) in [5.74, 6) is 2.53. The molecule has 30 heavy (non-hydrogen) atoms. The molecule has 0 aliphatic heterocycles. The number of aliphatic hydroxyl groups excluding tert-OH is 1. The zero-order valence-corrected chi connectivity index (χ0v) is 20.8. The molecule has 1 atom stereocenters. The molecule has 0 aliphatic rings. The van der Waals surface area contributed by atoms with Gasteiger partial charge < -0.3 is 25.0 Å². The van der Waals surface area contributed by atoms with Gasteiger partial charge in [0.1, 0.15) is 11.6 Å². The lowest BCUT2D eigenvalue weighted by atomic mass is 10.1. The predicted molar refractivity (Wildman–Crippen MR) is 133 cm³/mol. The van der Waals surface area contributed by atoms with Gasteiger partial charge in [0, 0.05) is 32.0 Å². The average Bonchev–Trinajstić information content (AvgIpc) is 3.10. The molecule has 0 aliphatic carbocycles. The van der Waals surface area contributed by atoms with Crippen LogP contribution >= 0.6 is 24.0 Å². The summed E-state index contributed by atoms with van der Waals surface area (Å²) in [5, 5.41) is 17.1. The van der Waals surface area contributed by atoms with Gasteiger partial charge in [-0.25, -0.2) is 4.98 Å². The molecule has 7 nitrogen and oxygen atoms in total. The van der Waals surface area contributed by atoms with Crippen molar-refractivity contribution < 1.29 is 9.84 Å². The lowest BCUT2D eigenvalue weighted by molar-refractivity contribution is 0.185. The van der Waals surface area contributed by atoms with E-state index in [1.165, 1.54) is 0 Å². The Kier molecular flexibility index (Phi) is 12.4. The van der Waals surface area contributed by atoms with E-state index in [1.807, 2.05) is 64.4 Å². The number of nitrogens with zero attached hydrogens (tertiary/aromatic N) is 3. The number of rotatable bonds is 11. The molecule has 0 radical (unpaired) electrons. The quantitative estimate of drug-likeness (QED) is 0.179. The minimum atomic E-state index is -0.676. The van der Waals surface area contributed by atoms with Gasteiger partial charge >= 0.3 is 0 Å². The molecule has 0 fully saturated rings. The third-order valence-corrected chi connectivity index (χ3v) is 4.42. The van der Waals surface area contributed by atoms with Gasteiger partial charge in [-0.1, -0.05) is 12.1 Å². The summed E-state index contributed by atoms with van der Waals surface area (Å²) < 4.78 is 7.86. The number of nitrogens with one attached hydrogen (secondary N) is 2. The number of aromatic nitrogens is 2. The number of aryl methyl sites for hydroxylation is 2. The highest BCUT2D eigenvalue weighted by Crippen LogP contribution is 2.20. The average molecular weight is 529 g/mol. The highest BCUT2D eigenvalue weighted by molar-refractivity contribution is 14.0. The molecule has 3 N–H and O–H groups in total. The van der Waals surface area contributed by atoms with Gasteiger partial charge in [0.2, 0.25) is 0 Å². The van der Waals surface area contributed by atoms with Gasteiger partial charge in [-0.05, 0) is 58.2 Å². The molecule has 0 spiro atoms. The van der Waals surface area contributed by atoms with Crippen LogP contribution in [-0.4, -0.2) is 46.4 Å². The van der Waals surface area contributed by atoms with Gasteiger partial charge in [0.05, 0.1) is 18.8 Å². The molecule has 0 saturated heterocycles. The SMILES string of the molecule is CCNC(=NCC(O)c1cccc(OC(C)C)c1)NCCCCn1ccnc1C.I. The summed E-state index contributed by atoms with van der Waals surface area (Å²) in [6, 6.07) is 7.56. The topological polar surface area (TPSA) is 83.7 Å². The van der Waals surface area contributed by atoms with Crippen LogP contribution in [0.5, 0.6) is 5.75 Å². The molecule has 1 aromatic carbocycles. The number of aliphatic hydroxyl groups is 1. The molecular weight excluding hydrogens is 493 g/mol. The van der Waals surface area contributed by atoms with Crippen LogP contribution in [0.1, 0.15) is 51.1 Å². The van der Waals surface area contributed by atoms with E-state index in [1.54, 1.807) is 0 Å². The van der Waals surface area contributed by atoms with Crippen molar-refractivity contribution in [1.29, 1.82) is 0 Å². The molecule has 2 aromatic rings. The van der Waals surface area contributed by atoms with Crippen LogP contribution < -0.4 is 15.4 Å². The van der Waals surface area contributed by atoms with E-state index in [0.29, 0.717) is 0 Å². The number of halogens is 1. The van der Waals surface area contributed by atoms with Crippen LogP contribution in [-0.2, 0) is 6.54 Å². The number of aliphatic imine (C=N–C) groups is 1. The summed E-state index contributed by atoms with van der Waals surface area (Å²) in [4.78, 5) is 8.77. The maximum atomic E-state index is 10.5. The summed E-state index contributed by atoms with van der Waals surface area (Å²) in [6.45, 7) is 10.9. The molecule has 0 saturated carbocycles. The highest BCUT2D eigenvalue weighted by atomic mass is 127. The van der Waals surface area contributed by atoms with Gasteiger partial charge in [-0.2, -0.15) is 0 Å². The summed E-state index contributed by atoms with van der Waals surface area (Å²) in [5.41, 5.74) is 0.804. The van der Waals surface area contributed by atoms with Crippen molar-refractivity contribution >= 4 is 29.9 Å². The number of ether oxygens (including phenoxy) is 1. The molecule has 0 bridgehead atoms. The third-order valence-electron chi connectivity index (χ3n) is 4.42. The number of imidazole rings is 1. The van der Waals surface area contributed by atoms with E-state index in [0.717, 1.165) is 55.6 Å². The number of hydrogen-bond donors (Lipinski definition) is 3. The second kappa shape index (κ2) is 14.2. The lowest BCUT2D eigenvalue weighted by Crippen LogP contribution is -2.38. The van der Waals surface area contributed by atoms with E-state index < -0.39 is 6.10 Å². The van der Waals surface area contributed by atoms with Crippen molar-refractivity contribution in [3.8, 4) is 5.75 Å². The Morgan fingerprint density at radius 3 is 2.73 bits per heavy atom. The third kappa shape index (κ3) is 9.34. The Morgan fingerprint density at radius 2 is 2.07 bits per heavy atom. The van der Waals surface area contributed by atoms with Crippen LogP contribution in [0.15, 0.2) is 41.7 Å². The Labute approximate surface area is 197 Å². The maximum Gasteiger partial charge on any atom is 0.191 e. The zero-order valence-electron chi connectivity index (χ0n) is 18.5. The smallest absolute Gasteiger partial charge is 0.191 e. The first-order chi connectivity index (χ1) is 14.0. The number of guanidine groups is 1. The molecular formula is C22H36IN5O2. The largest absolute Gasteiger partial charge is 0.491 e. The summed E-state index contributed by atoms with van der Waals surface area (Å²) in [7, 11) is 0. The first-order valence-electron chi connectivity index (χ1n) is 10.4. The Bertz CT molecular complexity index is 763. The van der Waals surface area contributed by atoms with Crippen molar-refractivity contribution in [2.45, 2.75) is 59.3 Å². The fourth-order valence-corrected chi connectivity index (χ4v) is 2.95. The number of unbranched alkanes of at least 4 members (excludes halogenated alkanes) is 1. The lowest BCUT2D eigenvalue weighted by Gasteiger charge is -2.15. The van der Waals surface area contributed by atoms with Crippen molar-refractivity contribution in [3.63, 3.8) is 0 Å². The molecule has 1 heterocycles. The maximum absolute atomic E-state index is 10.5. The Hall–Kier alpha value is -1.81. The Morgan fingerprint density at radius 1 is 1.27 bits per heavy atom. The van der Waals surface area contributed by atoms with E-state index in [-0.39, 0.29) is 36.6 Å². The van der Waals surface area contributed by atoms with Crippen molar-refractivity contribution in [1.82, 2.24) is 20.2 Å².